The van der Waals surface area contributed by atoms with Crippen LogP contribution in [0, 0.1) is 12.8 Å². The van der Waals surface area contributed by atoms with E-state index in [4.69, 9.17) is 0 Å². The Balaban J connectivity index is 1.61. The highest BCUT2D eigenvalue weighted by molar-refractivity contribution is 5.99. The first-order valence-corrected chi connectivity index (χ1v) is 10.7. The minimum atomic E-state index is 0.0765. The summed E-state index contributed by atoms with van der Waals surface area (Å²) < 4.78 is 0. The van der Waals surface area contributed by atoms with Crippen molar-refractivity contribution in [2.24, 2.45) is 5.92 Å². The molecule has 2 aromatic rings. The number of benzene rings is 1. The zero-order valence-electron chi connectivity index (χ0n) is 18.2. The number of pyridine rings is 1. The van der Waals surface area contributed by atoms with Gasteiger partial charge in [-0.2, -0.15) is 0 Å². The predicted octanol–water partition coefficient (Wildman–Crippen LogP) is 4.19. The monoisotopic (exact) mass is 394 g/mol. The standard InChI is InChI=1S/C24H34N4O/c1-18(2)11-13-26-23-22(6-5-12-25-23)24(29)28-15-14-27(16-20(28)4)17-21-9-7-19(3)8-10-21/h5-10,12,18,20H,11,13-17H2,1-4H3,(H,25,26)/t20-/m0/s1. The topological polar surface area (TPSA) is 48.5 Å². The number of carbonyl (C=O) groups is 1. The Morgan fingerprint density at radius 3 is 2.66 bits per heavy atom. The zero-order chi connectivity index (χ0) is 20.8. The smallest absolute Gasteiger partial charge is 0.257 e. The maximum atomic E-state index is 13.3. The van der Waals surface area contributed by atoms with Crippen molar-refractivity contribution < 1.29 is 4.79 Å². The first kappa shape index (κ1) is 21.3. The number of rotatable bonds is 7. The number of piperazine rings is 1. The number of aryl methyl sites for hydroxylation is 1. The molecule has 1 N–H and O–H groups in total. The van der Waals surface area contributed by atoms with Crippen LogP contribution in [0.15, 0.2) is 42.6 Å². The maximum absolute atomic E-state index is 13.3. The molecule has 1 atom stereocenters. The number of hydrogen-bond acceptors (Lipinski definition) is 4. The molecule has 1 aromatic carbocycles. The molecule has 1 aromatic heterocycles. The number of hydrogen-bond donors (Lipinski definition) is 1. The first-order valence-electron chi connectivity index (χ1n) is 10.7. The van der Waals surface area contributed by atoms with Crippen LogP contribution in [0.5, 0.6) is 0 Å². The Morgan fingerprint density at radius 1 is 1.21 bits per heavy atom. The number of carbonyl (C=O) groups excluding carboxylic acids is 1. The summed E-state index contributed by atoms with van der Waals surface area (Å²) in [5, 5.41) is 3.36. The fourth-order valence-electron chi connectivity index (χ4n) is 3.78. The fourth-order valence-corrected chi connectivity index (χ4v) is 3.78. The lowest BCUT2D eigenvalue weighted by Crippen LogP contribution is -2.53. The van der Waals surface area contributed by atoms with Crippen molar-refractivity contribution in [3.63, 3.8) is 0 Å². The molecular weight excluding hydrogens is 360 g/mol. The van der Waals surface area contributed by atoms with Gasteiger partial charge in [-0.25, -0.2) is 4.98 Å². The molecule has 0 bridgehead atoms. The zero-order valence-corrected chi connectivity index (χ0v) is 18.2. The quantitative estimate of drug-likeness (QED) is 0.765. The van der Waals surface area contributed by atoms with E-state index in [1.807, 2.05) is 17.0 Å². The summed E-state index contributed by atoms with van der Waals surface area (Å²) in [5.74, 6) is 1.40. The normalized spacial score (nSPS) is 17.6. The summed E-state index contributed by atoms with van der Waals surface area (Å²) in [6, 6.07) is 12.6. The van der Waals surface area contributed by atoms with Crippen molar-refractivity contribution in [2.45, 2.75) is 46.7 Å². The molecule has 0 radical (unpaired) electrons. The third-order valence-corrected chi connectivity index (χ3v) is 5.55. The van der Waals surface area contributed by atoms with Crippen LogP contribution in [0.2, 0.25) is 0 Å². The van der Waals surface area contributed by atoms with Crippen molar-refractivity contribution in [3.8, 4) is 0 Å². The lowest BCUT2D eigenvalue weighted by Gasteiger charge is -2.40. The van der Waals surface area contributed by atoms with Crippen molar-refractivity contribution >= 4 is 11.7 Å². The Hall–Kier alpha value is -2.40. The van der Waals surface area contributed by atoms with Crippen molar-refractivity contribution in [1.82, 2.24) is 14.8 Å². The van der Waals surface area contributed by atoms with Crippen LogP contribution in [0.25, 0.3) is 0 Å². The largest absolute Gasteiger partial charge is 0.369 e. The molecule has 5 nitrogen and oxygen atoms in total. The van der Waals surface area contributed by atoms with Gasteiger partial charge < -0.3 is 10.2 Å². The molecule has 2 heterocycles. The van der Waals surface area contributed by atoms with E-state index in [9.17, 15) is 4.79 Å². The summed E-state index contributed by atoms with van der Waals surface area (Å²) in [7, 11) is 0. The van der Waals surface area contributed by atoms with Crippen LogP contribution in [0.4, 0.5) is 5.82 Å². The summed E-state index contributed by atoms with van der Waals surface area (Å²) >= 11 is 0. The Bertz CT molecular complexity index is 803. The fraction of sp³-hybridized carbons (Fsp3) is 0.500. The Morgan fingerprint density at radius 2 is 1.97 bits per heavy atom. The van der Waals surface area contributed by atoms with Crippen LogP contribution >= 0.6 is 0 Å². The van der Waals surface area contributed by atoms with E-state index in [1.165, 1.54) is 11.1 Å². The van der Waals surface area contributed by atoms with Crippen LogP contribution < -0.4 is 5.32 Å². The van der Waals surface area contributed by atoms with Gasteiger partial charge >= 0.3 is 0 Å². The van der Waals surface area contributed by atoms with Gasteiger partial charge in [0.05, 0.1) is 5.56 Å². The van der Waals surface area contributed by atoms with Gasteiger partial charge in [0.1, 0.15) is 5.82 Å². The Labute approximate surface area is 175 Å². The molecule has 1 amide bonds. The lowest BCUT2D eigenvalue weighted by molar-refractivity contribution is 0.0476. The molecule has 0 spiro atoms. The molecule has 1 saturated heterocycles. The van der Waals surface area contributed by atoms with Crippen molar-refractivity contribution in [2.75, 3.05) is 31.5 Å². The van der Waals surface area contributed by atoms with Crippen molar-refractivity contribution in [1.29, 1.82) is 0 Å². The van der Waals surface area contributed by atoms with E-state index in [2.05, 4.69) is 67.2 Å². The molecule has 29 heavy (non-hydrogen) atoms. The number of anilines is 1. The van der Waals surface area contributed by atoms with Gasteiger partial charge in [0.15, 0.2) is 0 Å². The maximum Gasteiger partial charge on any atom is 0.257 e. The number of nitrogens with one attached hydrogen (secondary N) is 1. The third-order valence-electron chi connectivity index (χ3n) is 5.55. The lowest BCUT2D eigenvalue weighted by atomic mass is 10.1. The molecular formula is C24H34N4O. The van der Waals surface area contributed by atoms with Gasteiger partial charge in [0.2, 0.25) is 0 Å². The summed E-state index contributed by atoms with van der Waals surface area (Å²) in [4.78, 5) is 22.1. The molecule has 3 rings (SSSR count). The second kappa shape index (κ2) is 9.88. The van der Waals surface area contributed by atoms with Crippen molar-refractivity contribution in [3.05, 3.63) is 59.3 Å². The van der Waals surface area contributed by atoms with Crippen LogP contribution in [-0.4, -0.2) is 52.9 Å². The molecule has 0 aliphatic carbocycles. The minimum absolute atomic E-state index is 0.0765. The highest BCUT2D eigenvalue weighted by Gasteiger charge is 2.29. The summed E-state index contributed by atoms with van der Waals surface area (Å²) in [6.45, 7) is 12.9. The van der Waals surface area contributed by atoms with Gasteiger partial charge in [-0.15, -0.1) is 0 Å². The molecule has 0 saturated carbocycles. The predicted molar refractivity (Wildman–Crippen MR) is 119 cm³/mol. The van der Waals surface area contributed by atoms with E-state index < -0.39 is 0 Å². The Kier molecular flexibility index (Phi) is 7.26. The minimum Gasteiger partial charge on any atom is -0.369 e. The number of aromatic nitrogens is 1. The molecule has 0 unspecified atom stereocenters. The van der Waals surface area contributed by atoms with Gasteiger partial charge in [-0.1, -0.05) is 43.7 Å². The molecule has 1 fully saturated rings. The van der Waals surface area contributed by atoms with E-state index >= 15 is 0 Å². The molecule has 1 aliphatic heterocycles. The van der Waals surface area contributed by atoms with E-state index in [0.717, 1.165) is 39.1 Å². The van der Waals surface area contributed by atoms with E-state index in [-0.39, 0.29) is 11.9 Å². The van der Waals surface area contributed by atoms with Gasteiger partial charge in [-0.05, 0) is 43.9 Å². The van der Waals surface area contributed by atoms with Crippen LogP contribution in [-0.2, 0) is 6.54 Å². The first-order chi connectivity index (χ1) is 13.9. The number of amides is 1. The highest BCUT2D eigenvalue weighted by atomic mass is 16.2. The second-order valence-electron chi connectivity index (χ2n) is 8.58. The third kappa shape index (κ3) is 5.80. The van der Waals surface area contributed by atoms with E-state index in [0.29, 0.717) is 17.3 Å². The van der Waals surface area contributed by atoms with Crippen LogP contribution in [0.3, 0.4) is 0 Å². The molecule has 156 valence electrons. The summed E-state index contributed by atoms with van der Waals surface area (Å²) in [5.41, 5.74) is 3.29. The van der Waals surface area contributed by atoms with E-state index in [1.54, 1.807) is 6.20 Å². The van der Waals surface area contributed by atoms with Gasteiger partial charge in [0, 0.05) is 45.0 Å². The summed E-state index contributed by atoms with van der Waals surface area (Å²) in [6.07, 6.45) is 2.80. The van der Waals surface area contributed by atoms with Gasteiger partial charge in [0.25, 0.3) is 5.91 Å². The molecule has 1 aliphatic rings. The highest BCUT2D eigenvalue weighted by Crippen LogP contribution is 2.20. The average Bonchev–Trinajstić information content (AvgIpc) is 2.69. The SMILES string of the molecule is Cc1ccc(CN2CCN(C(=O)c3cccnc3NCCC(C)C)[C@@H](C)C2)cc1. The average molecular weight is 395 g/mol. The van der Waals surface area contributed by atoms with Gasteiger partial charge in [-0.3, -0.25) is 9.69 Å². The second-order valence-corrected chi connectivity index (χ2v) is 8.58. The van der Waals surface area contributed by atoms with Crippen LogP contribution in [0.1, 0.15) is 48.7 Å². The number of nitrogens with zero attached hydrogens (tertiary/aromatic N) is 3. The molecule has 5 heteroatoms.